The maximum Gasteiger partial charge on any atom is 0.435 e. The Morgan fingerprint density at radius 1 is 1.26 bits per heavy atom. The van der Waals surface area contributed by atoms with Gasteiger partial charge in [-0.25, -0.2) is 4.98 Å². The van der Waals surface area contributed by atoms with Crippen molar-refractivity contribution in [3.05, 3.63) is 69.6 Å². The number of alkyl halides is 3. The number of allylic oxidation sites excluding steroid dienone is 1. The fourth-order valence-corrected chi connectivity index (χ4v) is 3.94. The molecule has 0 saturated carbocycles. The predicted octanol–water partition coefficient (Wildman–Crippen LogP) is 4.40. The Morgan fingerprint density at radius 3 is 2.58 bits per heavy atom. The normalized spacial score (nSPS) is 12.0. The highest BCUT2D eigenvalue weighted by molar-refractivity contribution is 5.82. The first-order valence-electron chi connectivity index (χ1n) is 11.2. The largest absolute Gasteiger partial charge is 0.494 e. The van der Waals surface area contributed by atoms with E-state index >= 15 is 0 Å². The smallest absolute Gasteiger partial charge is 0.435 e. The molecule has 0 saturated heterocycles. The van der Waals surface area contributed by atoms with Crippen molar-refractivity contribution in [2.45, 2.75) is 26.4 Å². The number of aromatic nitrogens is 4. The van der Waals surface area contributed by atoms with E-state index in [1.54, 1.807) is 25.1 Å². The number of ether oxygens (including phenoxy) is 2. The number of halogens is 3. The fraction of sp³-hybridized carbons (Fsp3) is 0.231. The molecule has 0 aliphatic carbocycles. The monoisotopic (exact) mass is 526 g/mol. The summed E-state index contributed by atoms with van der Waals surface area (Å²) in [5.41, 5.74) is -2.91. The van der Waals surface area contributed by atoms with E-state index in [0.29, 0.717) is 4.52 Å². The zero-order valence-electron chi connectivity index (χ0n) is 20.5. The van der Waals surface area contributed by atoms with E-state index < -0.39 is 29.8 Å². The van der Waals surface area contributed by atoms with Crippen molar-refractivity contribution < 1.29 is 31.9 Å². The van der Waals surface area contributed by atoms with Crippen molar-refractivity contribution in [1.82, 2.24) is 19.6 Å². The van der Waals surface area contributed by atoms with Crippen LogP contribution in [0.2, 0.25) is 0 Å². The Morgan fingerprint density at radius 2 is 1.97 bits per heavy atom. The minimum absolute atomic E-state index is 0.0527. The lowest BCUT2D eigenvalue weighted by molar-refractivity contribution is -0.142. The van der Waals surface area contributed by atoms with Crippen LogP contribution in [-0.2, 0) is 26.9 Å². The van der Waals surface area contributed by atoms with Gasteiger partial charge in [0.2, 0.25) is 5.89 Å². The van der Waals surface area contributed by atoms with Crippen LogP contribution in [0.1, 0.15) is 29.8 Å². The molecular weight excluding hydrogens is 505 g/mol. The summed E-state index contributed by atoms with van der Waals surface area (Å²) in [6, 6.07) is 7.66. The highest BCUT2D eigenvalue weighted by Crippen LogP contribution is 2.38. The molecular formula is C26H21F3N4O5. The van der Waals surface area contributed by atoms with Crippen molar-refractivity contribution in [2.24, 2.45) is 0 Å². The number of benzene rings is 1. The maximum atomic E-state index is 14.1. The van der Waals surface area contributed by atoms with Crippen molar-refractivity contribution in [2.75, 3.05) is 13.7 Å². The second-order valence-electron chi connectivity index (χ2n) is 7.92. The van der Waals surface area contributed by atoms with Crippen LogP contribution in [0.4, 0.5) is 13.2 Å². The highest BCUT2D eigenvalue weighted by atomic mass is 19.4. The second-order valence-corrected chi connectivity index (χ2v) is 7.92. The molecule has 4 aromatic rings. The number of nitrogens with zero attached hydrogens (tertiary/aromatic N) is 3. The average molecular weight is 526 g/mol. The van der Waals surface area contributed by atoms with Crippen molar-refractivity contribution in [1.29, 1.82) is 0 Å². The number of carbonyl (C=O) groups excluding carboxylic acids is 1. The van der Waals surface area contributed by atoms with Gasteiger partial charge in [-0.1, -0.05) is 36.3 Å². The summed E-state index contributed by atoms with van der Waals surface area (Å²) in [5, 5.41) is 3.61. The Hall–Kier alpha value is -4.79. The van der Waals surface area contributed by atoms with E-state index in [-0.39, 0.29) is 57.7 Å². The first-order valence-corrected chi connectivity index (χ1v) is 11.2. The third kappa shape index (κ3) is 4.78. The van der Waals surface area contributed by atoms with Gasteiger partial charge in [-0.3, -0.25) is 9.59 Å². The SMILES string of the molecule is C#C/C=C(/OC)c1nc(-c2c(CC(=O)OCC)[nH]c3c(-c4ccccc4)c(C(F)(F)F)nn3c2=O)oc1C. The molecule has 1 aromatic carbocycles. The number of hydrogen-bond acceptors (Lipinski definition) is 7. The van der Waals surface area contributed by atoms with Crippen molar-refractivity contribution >= 4 is 17.4 Å². The number of oxazole rings is 1. The van der Waals surface area contributed by atoms with Gasteiger partial charge < -0.3 is 18.9 Å². The molecule has 0 aliphatic rings. The van der Waals surface area contributed by atoms with E-state index in [1.165, 1.54) is 32.2 Å². The molecule has 0 fully saturated rings. The van der Waals surface area contributed by atoms with Gasteiger partial charge in [0.1, 0.15) is 22.7 Å². The van der Waals surface area contributed by atoms with E-state index in [4.69, 9.17) is 20.3 Å². The summed E-state index contributed by atoms with van der Waals surface area (Å²) in [7, 11) is 1.36. The van der Waals surface area contributed by atoms with Gasteiger partial charge in [0.05, 0.1) is 25.7 Å². The number of rotatable bonds is 7. The second kappa shape index (κ2) is 10.3. The summed E-state index contributed by atoms with van der Waals surface area (Å²) in [6.07, 6.45) is 1.25. The third-order valence-corrected chi connectivity index (χ3v) is 5.50. The molecule has 12 heteroatoms. The number of nitrogens with one attached hydrogen (secondary N) is 1. The zero-order chi connectivity index (χ0) is 27.6. The van der Waals surface area contributed by atoms with Crippen molar-refractivity contribution in [3.8, 4) is 34.9 Å². The summed E-state index contributed by atoms with van der Waals surface area (Å²) < 4.78 is 58.7. The van der Waals surface area contributed by atoms with Crippen LogP contribution in [0.25, 0.3) is 34.0 Å². The lowest BCUT2D eigenvalue weighted by Crippen LogP contribution is -2.22. The lowest BCUT2D eigenvalue weighted by Gasteiger charge is -2.09. The van der Waals surface area contributed by atoms with Crippen LogP contribution in [0, 0.1) is 19.3 Å². The quantitative estimate of drug-likeness (QED) is 0.216. The molecule has 0 aliphatic heterocycles. The highest BCUT2D eigenvalue weighted by Gasteiger charge is 2.40. The van der Waals surface area contributed by atoms with Gasteiger partial charge in [-0.15, -0.1) is 6.42 Å². The maximum absolute atomic E-state index is 14.1. The first-order chi connectivity index (χ1) is 18.1. The summed E-state index contributed by atoms with van der Waals surface area (Å²) >= 11 is 0. The summed E-state index contributed by atoms with van der Waals surface area (Å²) in [5.74, 6) is 1.68. The van der Waals surface area contributed by atoms with Gasteiger partial charge in [-0.05, 0) is 19.4 Å². The molecule has 0 unspecified atom stereocenters. The first kappa shape index (κ1) is 26.3. The fourth-order valence-electron chi connectivity index (χ4n) is 3.94. The molecule has 0 atom stereocenters. The van der Waals surface area contributed by atoms with Crippen LogP contribution >= 0.6 is 0 Å². The minimum atomic E-state index is -4.89. The number of terminal acetylenes is 1. The Labute approximate surface area is 213 Å². The van der Waals surface area contributed by atoms with Gasteiger partial charge >= 0.3 is 12.1 Å². The molecule has 3 heterocycles. The molecule has 0 spiro atoms. The Balaban J connectivity index is 2.07. The Bertz CT molecular complexity index is 1640. The number of aryl methyl sites for hydroxylation is 1. The number of methoxy groups -OCH3 is 1. The molecule has 0 radical (unpaired) electrons. The number of hydrogen-bond donors (Lipinski definition) is 1. The summed E-state index contributed by atoms with van der Waals surface area (Å²) in [4.78, 5) is 33.2. The lowest BCUT2D eigenvalue weighted by atomic mass is 10.1. The molecule has 3 aromatic heterocycles. The molecule has 4 rings (SSSR count). The van der Waals surface area contributed by atoms with Gasteiger partial charge in [0.25, 0.3) is 5.56 Å². The van der Waals surface area contributed by atoms with E-state index in [0.717, 1.165) is 0 Å². The molecule has 38 heavy (non-hydrogen) atoms. The van der Waals surface area contributed by atoms with Gasteiger partial charge in [0.15, 0.2) is 11.5 Å². The van der Waals surface area contributed by atoms with Crippen LogP contribution in [0.15, 0.2) is 45.6 Å². The number of carbonyl (C=O) groups is 1. The zero-order valence-corrected chi connectivity index (χ0v) is 20.5. The Kier molecular flexibility index (Phi) is 7.12. The van der Waals surface area contributed by atoms with Crippen molar-refractivity contribution in [3.63, 3.8) is 0 Å². The summed E-state index contributed by atoms with van der Waals surface area (Å²) in [6.45, 7) is 3.19. The van der Waals surface area contributed by atoms with Crippen LogP contribution in [0.3, 0.4) is 0 Å². The van der Waals surface area contributed by atoms with Gasteiger partial charge in [0, 0.05) is 11.8 Å². The average Bonchev–Trinajstić information content (AvgIpc) is 3.44. The van der Waals surface area contributed by atoms with E-state index in [1.807, 2.05) is 0 Å². The van der Waals surface area contributed by atoms with Crippen LogP contribution in [-0.4, -0.2) is 39.3 Å². The van der Waals surface area contributed by atoms with E-state index in [2.05, 4.69) is 21.0 Å². The molecule has 196 valence electrons. The molecule has 0 bridgehead atoms. The van der Waals surface area contributed by atoms with E-state index in [9.17, 15) is 22.8 Å². The predicted molar refractivity (Wildman–Crippen MR) is 131 cm³/mol. The molecule has 0 amide bonds. The standard InChI is InChI=1S/C26H21F3N4O5/c1-5-10-17(36-4)21-14(3)38-24(31-21)20-16(13-18(34)37-6-2)30-23-19(15-11-8-7-9-12-15)22(26(27,28)29)32-33(23)25(20)35/h1,7-12,30H,6,13H2,2-4H3/b17-10+. The molecule has 1 N–H and O–H groups in total. The van der Waals surface area contributed by atoms with Gasteiger partial charge in [-0.2, -0.15) is 22.8 Å². The number of aromatic amines is 1. The minimum Gasteiger partial charge on any atom is -0.494 e. The third-order valence-electron chi connectivity index (χ3n) is 5.50. The molecule has 9 nitrogen and oxygen atoms in total. The topological polar surface area (TPSA) is 112 Å². The number of fused-ring (bicyclic) bond motifs is 1. The number of H-pyrrole nitrogens is 1. The number of esters is 1. The van der Waals surface area contributed by atoms with Crippen LogP contribution in [0.5, 0.6) is 0 Å². The van der Waals surface area contributed by atoms with Crippen LogP contribution < -0.4 is 5.56 Å².